The van der Waals surface area contributed by atoms with E-state index < -0.39 is 0 Å². The fraction of sp³-hybridized carbons (Fsp3) is 0.786. The number of carbonyl (C=O) groups is 1. The maximum absolute atomic E-state index is 11.7. The monoisotopic (exact) mass is 296 g/mol. The van der Waals surface area contributed by atoms with Crippen molar-refractivity contribution in [1.29, 1.82) is 0 Å². The number of aliphatic hydroxyl groups is 1. The molecule has 0 aromatic carbocycles. The summed E-state index contributed by atoms with van der Waals surface area (Å²) in [6, 6.07) is 0. The SMILES string of the molecule is Cn1cnn(CC(=O)NCCCC2CCCCC2O)c1=O. The van der Waals surface area contributed by atoms with Crippen LogP contribution in [0.5, 0.6) is 0 Å². The van der Waals surface area contributed by atoms with Crippen LogP contribution in [0.25, 0.3) is 0 Å². The molecule has 2 rings (SSSR count). The van der Waals surface area contributed by atoms with Gasteiger partial charge in [0.25, 0.3) is 0 Å². The van der Waals surface area contributed by atoms with Crippen LogP contribution in [-0.4, -0.2) is 38.0 Å². The number of rotatable bonds is 6. The first-order chi connectivity index (χ1) is 10.1. The third kappa shape index (κ3) is 4.42. The van der Waals surface area contributed by atoms with Crippen molar-refractivity contribution in [1.82, 2.24) is 19.7 Å². The highest BCUT2D eigenvalue weighted by Gasteiger charge is 2.22. The molecule has 1 saturated carbocycles. The Balaban J connectivity index is 1.65. The largest absolute Gasteiger partial charge is 0.393 e. The number of aromatic nitrogens is 3. The predicted octanol–water partition coefficient (Wildman–Crippen LogP) is 0.0293. The van der Waals surface area contributed by atoms with Crippen molar-refractivity contribution in [3.63, 3.8) is 0 Å². The molecule has 7 nitrogen and oxygen atoms in total. The molecule has 2 N–H and O–H groups in total. The standard InChI is InChI=1S/C14H24N4O3/c1-17-10-16-18(14(17)21)9-13(20)15-8-4-6-11-5-2-3-7-12(11)19/h10-12,19H,2-9H2,1H3,(H,15,20). The average molecular weight is 296 g/mol. The lowest BCUT2D eigenvalue weighted by atomic mass is 9.83. The second-order valence-corrected chi connectivity index (χ2v) is 5.79. The maximum Gasteiger partial charge on any atom is 0.345 e. The van der Waals surface area contributed by atoms with E-state index >= 15 is 0 Å². The molecule has 1 fully saturated rings. The van der Waals surface area contributed by atoms with Gasteiger partial charge in [-0.1, -0.05) is 12.8 Å². The molecule has 2 unspecified atom stereocenters. The summed E-state index contributed by atoms with van der Waals surface area (Å²) >= 11 is 0. The Labute approximate surface area is 124 Å². The first-order valence-electron chi connectivity index (χ1n) is 7.61. The molecule has 1 heterocycles. The average Bonchev–Trinajstić information content (AvgIpc) is 2.77. The molecule has 0 radical (unpaired) electrons. The zero-order chi connectivity index (χ0) is 15.2. The molecule has 1 amide bonds. The van der Waals surface area contributed by atoms with Crippen LogP contribution in [0, 0.1) is 5.92 Å². The first kappa shape index (κ1) is 15.8. The van der Waals surface area contributed by atoms with E-state index in [0.717, 1.165) is 36.8 Å². The number of aryl methyl sites for hydroxylation is 1. The molecule has 7 heteroatoms. The summed E-state index contributed by atoms with van der Waals surface area (Å²) in [4.78, 5) is 23.3. The van der Waals surface area contributed by atoms with E-state index in [9.17, 15) is 14.7 Å². The van der Waals surface area contributed by atoms with Crippen molar-refractivity contribution in [2.24, 2.45) is 13.0 Å². The van der Waals surface area contributed by atoms with Gasteiger partial charge in [0.1, 0.15) is 12.9 Å². The van der Waals surface area contributed by atoms with Crippen LogP contribution in [0.1, 0.15) is 38.5 Å². The quantitative estimate of drug-likeness (QED) is 0.725. The zero-order valence-corrected chi connectivity index (χ0v) is 12.5. The van der Waals surface area contributed by atoms with Gasteiger partial charge in [-0.15, -0.1) is 0 Å². The molecule has 2 atom stereocenters. The third-order valence-electron chi connectivity index (χ3n) is 4.12. The Hall–Kier alpha value is -1.63. The smallest absolute Gasteiger partial charge is 0.345 e. The number of carbonyl (C=O) groups excluding carboxylic acids is 1. The molecule has 0 saturated heterocycles. The van der Waals surface area contributed by atoms with Crippen LogP contribution in [0.2, 0.25) is 0 Å². The number of nitrogens with zero attached hydrogens (tertiary/aromatic N) is 3. The number of hydrogen-bond donors (Lipinski definition) is 2. The van der Waals surface area contributed by atoms with Gasteiger partial charge in [0, 0.05) is 13.6 Å². The third-order valence-corrected chi connectivity index (χ3v) is 4.12. The molecular weight excluding hydrogens is 272 g/mol. The minimum Gasteiger partial charge on any atom is -0.393 e. The lowest BCUT2D eigenvalue weighted by Crippen LogP contribution is -2.34. The molecule has 1 aromatic rings. The summed E-state index contributed by atoms with van der Waals surface area (Å²) in [5, 5.41) is 16.5. The van der Waals surface area contributed by atoms with Crippen LogP contribution in [-0.2, 0) is 18.4 Å². The zero-order valence-electron chi connectivity index (χ0n) is 12.5. The second kappa shape index (κ2) is 7.40. The molecule has 118 valence electrons. The van der Waals surface area contributed by atoms with Gasteiger partial charge >= 0.3 is 5.69 Å². The van der Waals surface area contributed by atoms with E-state index in [1.807, 2.05) is 0 Å². The Morgan fingerprint density at radius 2 is 2.24 bits per heavy atom. The Bertz CT molecular complexity index is 523. The normalized spacial score (nSPS) is 22.2. The van der Waals surface area contributed by atoms with E-state index in [0.29, 0.717) is 12.5 Å². The Kier molecular flexibility index (Phi) is 5.55. The van der Waals surface area contributed by atoms with Gasteiger partial charge in [-0.3, -0.25) is 9.36 Å². The van der Waals surface area contributed by atoms with E-state index in [4.69, 9.17) is 0 Å². The molecule has 0 spiro atoms. The van der Waals surface area contributed by atoms with Crippen LogP contribution in [0.15, 0.2) is 11.1 Å². The Morgan fingerprint density at radius 3 is 2.90 bits per heavy atom. The summed E-state index contributed by atoms with van der Waals surface area (Å²) in [7, 11) is 1.60. The van der Waals surface area contributed by atoms with Crippen molar-refractivity contribution in [2.75, 3.05) is 6.54 Å². The summed E-state index contributed by atoms with van der Waals surface area (Å²) < 4.78 is 2.47. The lowest BCUT2D eigenvalue weighted by Gasteiger charge is -2.27. The predicted molar refractivity (Wildman–Crippen MR) is 77.7 cm³/mol. The van der Waals surface area contributed by atoms with Crippen molar-refractivity contribution in [3.05, 3.63) is 16.8 Å². The van der Waals surface area contributed by atoms with E-state index in [-0.39, 0.29) is 24.2 Å². The number of amides is 1. The van der Waals surface area contributed by atoms with Gasteiger partial charge in [-0.2, -0.15) is 5.10 Å². The number of hydrogen-bond acceptors (Lipinski definition) is 4. The number of aliphatic hydroxyl groups excluding tert-OH is 1. The first-order valence-corrected chi connectivity index (χ1v) is 7.61. The summed E-state index contributed by atoms with van der Waals surface area (Å²) in [5.41, 5.74) is -0.296. The minimum absolute atomic E-state index is 0.0499. The van der Waals surface area contributed by atoms with Crippen molar-refractivity contribution in [3.8, 4) is 0 Å². The van der Waals surface area contributed by atoms with Gasteiger partial charge < -0.3 is 10.4 Å². The van der Waals surface area contributed by atoms with Gasteiger partial charge in [0.05, 0.1) is 6.10 Å². The van der Waals surface area contributed by atoms with E-state index in [1.165, 1.54) is 17.3 Å². The fourth-order valence-corrected chi connectivity index (χ4v) is 2.84. The number of nitrogens with one attached hydrogen (secondary N) is 1. The molecule has 1 aliphatic rings. The summed E-state index contributed by atoms with van der Waals surface area (Å²) in [6.45, 7) is 0.523. The van der Waals surface area contributed by atoms with Crippen LogP contribution >= 0.6 is 0 Å². The minimum atomic E-state index is -0.296. The molecule has 1 aromatic heterocycles. The van der Waals surface area contributed by atoms with Gasteiger partial charge in [0.2, 0.25) is 5.91 Å². The molecule has 0 bridgehead atoms. The molecular formula is C14H24N4O3. The van der Waals surface area contributed by atoms with Crippen molar-refractivity contribution in [2.45, 2.75) is 51.2 Å². The van der Waals surface area contributed by atoms with Gasteiger partial charge in [-0.05, 0) is 31.6 Å². The van der Waals surface area contributed by atoms with Crippen LogP contribution < -0.4 is 11.0 Å². The summed E-state index contributed by atoms with van der Waals surface area (Å²) in [6.07, 6.45) is 7.29. The van der Waals surface area contributed by atoms with E-state index in [1.54, 1.807) is 7.05 Å². The highest BCUT2D eigenvalue weighted by molar-refractivity contribution is 5.75. The molecule has 0 aliphatic heterocycles. The molecule has 21 heavy (non-hydrogen) atoms. The lowest BCUT2D eigenvalue weighted by molar-refractivity contribution is -0.121. The maximum atomic E-state index is 11.7. The van der Waals surface area contributed by atoms with Gasteiger partial charge in [0.15, 0.2) is 0 Å². The topological polar surface area (TPSA) is 89.2 Å². The molecule has 1 aliphatic carbocycles. The second-order valence-electron chi connectivity index (χ2n) is 5.79. The highest BCUT2D eigenvalue weighted by atomic mass is 16.3. The highest BCUT2D eigenvalue weighted by Crippen LogP contribution is 2.27. The Morgan fingerprint density at radius 1 is 1.48 bits per heavy atom. The van der Waals surface area contributed by atoms with Crippen molar-refractivity contribution < 1.29 is 9.90 Å². The van der Waals surface area contributed by atoms with Gasteiger partial charge in [-0.25, -0.2) is 9.48 Å². The van der Waals surface area contributed by atoms with Crippen molar-refractivity contribution >= 4 is 5.91 Å². The van der Waals surface area contributed by atoms with Crippen LogP contribution in [0.3, 0.4) is 0 Å². The van der Waals surface area contributed by atoms with E-state index in [2.05, 4.69) is 10.4 Å². The summed E-state index contributed by atoms with van der Waals surface area (Å²) in [5.74, 6) is 0.161. The van der Waals surface area contributed by atoms with Crippen LogP contribution in [0.4, 0.5) is 0 Å². The fourth-order valence-electron chi connectivity index (χ4n) is 2.84.